The van der Waals surface area contributed by atoms with E-state index in [1.54, 1.807) is 13.0 Å². The second-order valence-electron chi connectivity index (χ2n) is 4.03. The van der Waals surface area contributed by atoms with Crippen molar-refractivity contribution in [3.63, 3.8) is 0 Å². The molecule has 2 rings (SSSR count). The molecule has 0 aliphatic rings. The van der Waals surface area contributed by atoms with Crippen LogP contribution in [0, 0.1) is 19.7 Å². The Kier molecular flexibility index (Phi) is 3.14. The fraction of sp³-hybridized carbons (Fsp3) is 0.231. The van der Waals surface area contributed by atoms with Gasteiger partial charge in [-0.15, -0.1) is 0 Å². The largest absolute Gasteiger partial charge is 0.481 e. The summed E-state index contributed by atoms with van der Waals surface area (Å²) in [6.07, 6.45) is 0. The second kappa shape index (κ2) is 4.60. The summed E-state index contributed by atoms with van der Waals surface area (Å²) in [7, 11) is 0. The molecule has 4 nitrogen and oxygen atoms in total. The van der Waals surface area contributed by atoms with E-state index < -0.39 is 18.4 Å². The molecule has 1 aromatic carbocycles. The van der Waals surface area contributed by atoms with Gasteiger partial charge in [0.2, 0.25) is 0 Å². The summed E-state index contributed by atoms with van der Waals surface area (Å²) in [5.74, 6) is -1.37. The van der Waals surface area contributed by atoms with Crippen LogP contribution in [0.3, 0.4) is 0 Å². The van der Waals surface area contributed by atoms with E-state index in [2.05, 4.69) is 4.98 Å². The van der Waals surface area contributed by atoms with Gasteiger partial charge in [0.1, 0.15) is 11.6 Å². The Morgan fingerprint density at radius 3 is 2.83 bits per heavy atom. The fourth-order valence-electron chi connectivity index (χ4n) is 1.77. The van der Waals surface area contributed by atoms with E-state index >= 15 is 0 Å². The van der Waals surface area contributed by atoms with Gasteiger partial charge in [0, 0.05) is 11.8 Å². The van der Waals surface area contributed by atoms with Crippen molar-refractivity contribution in [1.29, 1.82) is 0 Å². The number of hydrogen-bond acceptors (Lipinski definition) is 3. The third kappa shape index (κ3) is 2.25. The number of carboxylic acid groups (broad SMARTS) is 1. The topological polar surface area (TPSA) is 59.4 Å². The molecule has 18 heavy (non-hydrogen) atoms. The number of aliphatic carboxylic acids is 1. The Morgan fingerprint density at radius 1 is 1.44 bits per heavy atom. The average Bonchev–Trinajstić information content (AvgIpc) is 2.30. The van der Waals surface area contributed by atoms with Crippen molar-refractivity contribution in [2.75, 3.05) is 6.61 Å². The summed E-state index contributed by atoms with van der Waals surface area (Å²) in [5.41, 5.74) is 1.96. The van der Waals surface area contributed by atoms with Gasteiger partial charge in [0.25, 0.3) is 0 Å². The minimum atomic E-state index is -1.11. The van der Waals surface area contributed by atoms with Crippen molar-refractivity contribution in [2.45, 2.75) is 13.8 Å². The molecule has 1 N–H and O–H groups in total. The molecule has 0 bridgehead atoms. The van der Waals surface area contributed by atoms with E-state index in [1.807, 2.05) is 6.92 Å². The number of fused-ring (bicyclic) bond motifs is 1. The summed E-state index contributed by atoms with van der Waals surface area (Å²) in [4.78, 5) is 14.8. The maximum Gasteiger partial charge on any atom is 0.341 e. The Bertz CT molecular complexity index is 625. The molecule has 0 aliphatic carbocycles. The van der Waals surface area contributed by atoms with Gasteiger partial charge >= 0.3 is 5.97 Å². The normalized spacial score (nSPS) is 10.6. The molecule has 0 saturated heterocycles. The summed E-state index contributed by atoms with van der Waals surface area (Å²) >= 11 is 0. The SMILES string of the molecule is Cc1cc(OCC(=O)O)c2c(F)ccc(C)c2n1. The van der Waals surface area contributed by atoms with Gasteiger partial charge in [-0.1, -0.05) is 6.07 Å². The standard InChI is InChI=1S/C13H12FNO3/c1-7-3-4-9(14)12-10(18-6-11(16)17)5-8(2)15-13(7)12/h3-5H,6H2,1-2H3,(H,16,17). The highest BCUT2D eigenvalue weighted by atomic mass is 19.1. The number of nitrogens with zero attached hydrogens (tertiary/aromatic N) is 1. The molecule has 1 aromatic heterocycles. The molecule has 0 amide bonds. The molecule has 1 heterocycles. The lowest BCUT2D eigenvalue weighted by atomic mass is 10.1. The average molecular weight is 249 g/mol. The molecule has 5 heteroatoms. The van der Waals surface area contributed by atoms with Gasteiger partial charge in [-0.05, 0) is 25.5 Å². The first kappa shape index (κ1) is 12.3. The van der Waals surface area contributed by atoms with Crippen molar-refractivity contribution in [1.82, 2.24) is 4.98 Å². The number of carboxylic acids is 1. The van der Waals surface area contributed by atoms with Gasteiger partial charge in [-0.2, -0.15) is 0 Å². The Balaban J connectivity index is 2.64. The van der Waals surface area contributed by atoms with Crippen molar-refractivity contribution < 1.29 is 19.0 Å². The monoisotopic (exact) mass is 249 g/mol. The smallest absolute Gasteiger partial charge is 0.341 e. The maximum atomic E-state index is 13.8. The number of carbonyl (C=O) groups is 1. The summed E-state index contributed by atoms with van der Waals surface area (Å²) in [6.45, 7) is 3.05. The first-order valence-electron chi connectivity index (χ1n) is 5.40. The van der Waals surface area contributed by atoms with Crippen molar-refractivity contribution in [3.8, 4) is 5.75 Å². The van der Waals surface area contributed by atoms with Crippen LogP contribution in [0.15, 0.2) is 18.2 Å². The van der Waals surface area contributed by atoms with Gasteiger partial charge < -0.3 is 9.84 Å². The maximum absolute atomic E-state index is 13.8. The highest BCUT2D eigenvalue weighted by molar-refractivity contribution is 5.88. The molecular weight excluding hydrogens is 237 g/mol. The predicted molar refractivity (Wildman–Crippen MR) is 64.3 cm³/mol. The number of benzene rings is 1. The van der Waals surface area contributed by atoms with E-state index in [4.69, 9.17) is 9.84 Å². The van der Waals surface area contributed by atoms with Crippen LogP contribution in [0.5, 0.6) is 5.75 Å². The Morgan fingerprint density at radius 2 is 2.17 bits per heavy atom. The highest BCUT2D eigenvalue weighted by Crippen LogP contribution is 2.29. The van der Waals surface area contributed by atoms with Gasteiger partial charge in [-0.25, -0.2) is 9.18 Å². The Hall–Kier alpha value is -2.17. The van der Waals surface area contributed by atoms with Gasteiger partial charge in [-0.3, -0.25) is 4.98 Å². The van der Waals surface area contributed by atoms with E-state index in [0.717, 1.165) is 5.56 Å². The zero-order chi connectivity index (χ0) is 13.3. The van der Waals surface area contributed by atoms with E-state index in [0.29, 0.717) is 11.2 Å². The zero-order valence-electron chi connectivity index (χ0n) is 10.0. The molecule has 2 aromatic rings. The molecule has 0 atom stereocenters. The molecular formula is C13H12FNO3. The third-order valence-corrected chi connectivity index (χ3v) is 2.55. The predicted octanol–water partition coefficient (Wildman–Crippen LogP) is 2.45. The van der Waals surface area contributed by atoms with Gasteiger partial charge in [0.15, 0.2) is 6.61 Å². The number of rotatable bonds is 3. The van der Waals surface area contributed by atoms with Gasteiger partial charge in [0.05, 0.1) is 10.9 Å². The molecule has 0 radical (unpaired) electrons. The minimum absolute atomic E-state index is 0.209. The van der Waals surface area contributed by atoms with Crippen LogP contribution >= 0.6 is 0 Å². The lowest BCUT2D eigenvalue weighted by molar-refractivity contribution is -0.139. The van der Waals surface area contributed by atoms with Crippen LogP contribution in [-0.4, -0.2) is 22.7 Å². The van der Waals surface area contributed by atoms with E-state index in [-0.39, 0.29) is 11.1 Å². The lowest BCUT2D eigenvalue weighted by Gasteiger charge is -2.10. The van der Waals surface area contributed by atoms with Crippen molar-refractivity contribution >= 4 is 16.9 Å². The third-order valence-electron chi connectivity index (χ3n) is 2.55. The molecule has 0 saturated carbocycles. The van der Waals surface area contributed by atoms with E-state index in [9.17, 15) is 9.18 Å². The van der Waals surface area contributed by atoms with Crippen LogP contribution < -0.4 is 4.74 Å². The number of aromatic nitrogens is 1. The fourth-order valence-corrected chi connectivity index (χ4v) is 1.77. The summed E-state index contributed by atoms with van der Waals surface area (Å²) < 4.78 is 18.9. The number of halogens is 1. The number of pyridine rings is 1. The number of aryl methyl sites for hydroxylation is 2. The lowest BCUT2D eigenvalue weighted by Crippen LogP contribution is -2.10. The van der Waals surface area contributed by atoms with E-state index in [1.165, 1.54) is 12.1 Å². The second-order valence-corrected chi connectivity index (χ2v) is 4.03. The minimum Gasteiger partial charge on any atom is -0.481 e. The first-order valence-corrected chi connectivity index (χ1v) is 5.40. The van der Waals surface area contributed by atoms with Crippen LogP contribution in [0.1, 0.15) is 11.3 Å². The van der Waals surface area contributed by atoms with Crippen LogP contribution in [0.2, 0.25) is 0 Å². The summed E-state index contributed by atoms with van der Waals surface area (Å²) in [6, 6.07) is 4.49. The van der Waals surface area contributed by atoms with Crippen LogP contribution in [-0.2, 0) is 4.79 Å². The molecule has 0 unspecified atom stereocenters. The van der Waals surface area contributed by atoms with Crippen molar-refractivity contribution in [3.05, 3.63) is 35.3 Å². The molecule has 0 aliphatic heterocycles. The summed E-state index contributed by atoms with van der Waals surface area (Å²) in [5, 5.41) is 8.83. The molecule has 94 valence electrons. The van der Waals surface area contributed by atoms with Crippen LogP contribution in [0.25, 0.3) is 10.9 Å². The quantitative estimate of drug-likeness (QED) is 0.907. The molecule has 0 spiro atoms. The Labute approximate surface area is 103 Å². The highest BCUT2D eigenvalue weighted by Gasteiger charge is 2.13. The number of ether oxygens (including phenoxy) is 1. The van der Waals surface area contributed by atoms with Crippen molar-refractivity contribution in [2.24, 2.45) is 0 Å². The van der Waals surface area contributed by atoms with Crippen LogP contribution in [0.4, 0.5) is 4.39 Å². The first-order chi connectivity index (χ1) is 8.49. The molecule has 0 fully saturated rings. The zero-order valence-corrected chi connectivity index (χ0v) is 10.0. The number of hydrogen-bond donors (Lipinski definition) is 1.